The molecule has 0 radical (unpaired) electrons. The van der Waals surface area contributed by atoms with Gasteiger partial charge in [0.15, 0.2) is 0 Å². The molecule has 1 heterocycles. The molecule has 1 aliphatic rings. The molecular weight excluding hydrogens is 284 g/mol. The van der Waals surface area contributed by atoms with Crippen molar-refractivity contribution in [3.63, 3.8) is 0 Å². The molecule has 0 aromatic heterocycles. The first kappa shape index (κ1) is 12.7. The molecule has 0 saturated carbocycles. The van der Waals surface area contributed by atoms with Crippen molar-refractivity contribution < 1.29 is 14.9 Å². The topological polar surface area (TPSA) is 49.7 Å². The smallest absolute Gasteiger partial charge is 0.133 e. The molecule has 0 aliphatic carbocycles. The Labute approximate surface area is 110 Å². The van der Waals surface area contributed by atoms with Gasteiger partial charge in [0.25, 0.3) is 0 Å². The monoisotopic (exact) mass is 300 g/mol. The Bertz CT molecular complexity index is 449. The average molecular weight is 301 g/mol. The van der Waals surface area contributed by atoms with Crippen LogP contribution < -0.4 is 4.74 Å². The fourth-order valence-corrected chi connectivity index (χ4v) is 2.68. The average Bonchev–Trinajstić information content (AvgIpc) is 2.24. The van der Waals surface area contributed by atoms with Crippen molar-refractivity contribution in [2.45, 2.75) is 45.3 Å². The van der Waals surface area contributed by atoms with E-state index < -0.39 is 5.60 Å². The second kappa shape index (κ2) is 4.18. The molecule has 0 saturated heterocycles. The van der Waals surface area contributed by atoms with Gasteiger partial charge in [-0.1, -0.05) is 0 Å². The van der Waals surface area contributed by atoms with Crippen molar-refractivity contribution in [2.75, 3.05) is 0 Å². The summed E-state index contributed by atoms with van der Waals surface area (Å²) < 4.78 is 6.45. The molecule has 2 rings (SSSR count). The number of phenols is 1. The zero-order chi connectivity index (χ0) is 12.8. The quantitative estimate of drug-likeness (QED) is 0.838. The van der Waals surface area contributed by atoms with Gasteiger partial charge < -0.3 is 14.9 Å². The number of aliphatic hydroxyl groups is 1. The van der Waals surface area contributed by atoms with Gasteiger partial charge in [-0.25, -0.2) is 0 Å². The summed E-state index contributed by atoms with van der Waals surface area (Å²) in [6, 6.07) is 1.77. The number of hydrogen-bond acceptors (Lipinski definition) is 3. The Morgan fingerprint density at radius 1 is 1.47 bits per heavy atom. The Morgan fingerprint density at radius 2 is 2.12 bits per heavy atom. The lowest BCUT2D eigenvalue weighted by molar-refractivity contribution is -0.0426. The summed E-state index contributed by atoms with van der Waals surface area (Å²) in [5.74, 6) is 1.03. The van der Waals surface area contributed by atoms with E-state index in [1.165, 1.54) is 0 Å². The predicted octanol–water partition coefficient (Wildman–Crippen LogP) is 2.93. The number of rotatable bonds is 1. The minimum Gasteiger partial charge on any atom is -0.506 e. The molecule has 0 spiro atoms. The van der Waals surface area contributed by atoms with E-state index in [0.717, 1.165) is 29.7 Å². The SMILES string of the molecule is Cc1c(O)c(Br)cc2c1CCC(C(C)(C)O)O2. The van der Waals surface area contributed by atoms with Crippen LogP contribution in [0.4, 0.5) is 0 Å². The highest BCUT2D eigenvalue weighted by Crippen LogP contribution is 2.41. The van der Waals surface area contributed by atoms with Gasteiger partial charge in [-0.05, 0) is 61.2 Å². The van der Waals surface area contributed by atoms with E-state index in [-0.39, 0.29) is 11.9 Å². The second-order valence-corrected chi connectivity index (χ2v) is 5.96. The van der Waals surface area contributed by atoms with E-state index in [0.29, 0.717) is 4.47 Å². The van der Waals surface area contributed by atoms with Crippen LogP contribution in [0.1, 0.15) is 31.4 Å². The van der Waals surface area contributed by atoms with Crippen molar-refractivity contribution >= 4 is 15.9 Å². The third kappa shape index (κ3) is 2.29. The molecule has 1 atom stereocenters. The summed E-state index contributed by atoms with van der Waals surface area (Å²) in [5, 5.41) is 19.8. The number of hydrogen-bond donors (Lipinski definition) is 2. The summed E-state index contributed by atoms with van der Waals surface area (Å²) in [5.41, 5.74) is 1.03. The van der Waals surface area contributed by atoms with Crippen molar-refractivity contribution in [3.05, 3.63) is 21.7 Å². The largest absolute Gasteiger partial charge is 0.506 e. The Kier molecular flexibility index (Phi) is 3.12. The van der Waals surface area contributed by atoms with E-state index in [9.17, 15) is 10.2 Å². The fourth-order valence-electron chi connectivity index (χ4n) is 2.18. The molecule has 94 valence electrons. The van der Waals surface area contributed by atoms with Crippen LogP contribution in [-0.2, 0) is 6.42 Å². The summed E-state index contributed by atoms with van der Waals surface area (Å²) in [4.78, 5) is 0. The highest BCUT2D eigenvalue weighted by molar-refractivity contribution is 9.10. The molecule has 0 amide bonds. The number of halogens is 1. The van der Waals surface area contributed by atoms with Crippen LogP contribution >= 0.6 is 15.9 Å². The van der Waals surface area contributed by atoms with Gasteiger partial charge in [0, 0.05) is 5.56 Å². The number of aromatic hydroxyl groups is 1. The molecule has 3 nitrogen and oxygen atoms in total. The first-order chi connectivity index (χ1) is 7.80. The zero-order valence-electron chi connectivity index (χ0n) is 10.2. The number of fused-ring (bicyclic) bond motifs is 1. The molecule has 17 heavy (non-hydrogen) atoms. The van der Waals surface area contributed by atoms with Crippen LogP contribution in [0, 0.1) is 6.92 Å². The molecule has 0 fully saturated rings. The van der Waals surface area contributed by atoms with Crippen LogP contribution in [0.3, 0.4) is 0 Å². The molecule has 1 aromatic rings. The third-order valence-corrected chi connectivity index (χ3v) is 3.91. The minimum absolute atomic E-state index is 0.203. The van der Waals surface area contributed by atoms with Crippen molar-refractivity contribution in [2.24, 2.45) is 0 Å². The van der Waals surface area contributed by atoms with E-state index >= 15 is 0 Å². The second-order valence-electron chi connectivity index (χ2n) is 5.11. The van der Waals surface area contributed by atoms with Crippen LogP contribution in [0.25, 0.3) is 0 Å². The summed E-state index contributed by atoms with van der Waals surface area (Å²) in [7, 11) is 0. The number of phenolic OH excluding ortho intramolecular Hbond substituents is 1. The van der Waals surface area contributed by atoms with Gasteiger partial charge in [0.2, 0.25) is 0 Å². The summed E-state index contributed by atoms with van der Waals surface area (Å²) in [6.07, 6.45) is 1.38. The van der Waals surface area contributed by atoms with E-state index in [4.69, 9.17) is 4.74 Å². The van der Waals surface area contributed by atoms with E-state index in [2.05, 4.69) is 15.9 Å². The maximum atomic E-state index is 9.98. The number of benzene rings is 1. The van der Waals surface area contributed by atoms with Gasteiger partial charge in [-0.3, -0.25) is 0 Å². The van der Waals surface area contributed by atoms with Crippen LogP contribution in [0.5, 0.6) is 11.5 Å². The molecule has 1 aromatic carbocycles. The maximum Gasteiger partial charge on any atom is 0.133 e. The Balaban J connectivity index is 2.40. The first-order valence-corrected chi connectivity index (χ1v) is 6.50. The third-order valence-electron chi connectivity index (χ3n) is 3.30. The van der Waals surface area contributed by atoms with Crippen molar-refractivity contribution in [1.29, 1.82) is 0 Å². The maximum absolute atomic E-state index is 9.98. The van der Waals surface area contributed by atoms with Crippen LogP contribution in [0.15, 0.2) is 10.5 Å². The van der Waals surface area contributed by atoms with Crippen molar-refractivity contribution in [1.82, 2.24) is 0 Å². The standard InChI is InChI=1S/C13H17BrO3/c1-7-8-4-5-11(13(2,3)16)17-10(8)6-9(14)12(7)15/h6,11,15-16H,4-5H2,1-3H3. The lowest BCUT2D eigenvalue weighted by atomic mass is 9.90. The van der Waals surface area contributed by atoms with Gasteiger partial charge in [0.05, 0.1) is 10.1 Å². The molecule has 4 heteroatoms. The zero-order valence-corrected chi connectivity index (χ0v) is 11.8. The molecular formula is C13H17BrO3. The highest BCUT2D eigenvalue weighted by Gasteiger charge is 2.33. The van der Waals surface area contributed by atoms with E-state index in [1.807, 2.05) is 6.92 Å². The highest BCUT2D eigenvalue weighted by atomic mass is 79.9. The van der Waals surface area contributed by atoms with E-state index in [1.54, 1.807) is 19.9 Å². The summed E-state index contributed by atoms with van der Waals surface area (Å²) >= 11 is 3.30. The summed E-state index contributed by atoms with van der Waals surface area (Å²) in [6.45, 7) is 5.39. The van der Waals surface area contributed by atoms with Crippen LogP contribution in [-0.4, -0.2) is 21.9 Å². The molecule has 0 bridgehead atoms. The first-order valence-electron chi connectivity index (χ1n) is 5.70. The van der Waals surface area contributed by atoms with Gasteiger partial charge >= 0.3 is 0 Å². The fraction of sp³-hybridized carbons (Fsp3) is 0.538. The van der Waals surface area contributed by atoms with Gasteiger partial charge in [0.1, 0.15) is 17.6 Å². The van der Waals surface area contributed by atoms with Gasteiger partial charge in [-0.2, -0.15) is 0 Å². The molecule has 1 aliphatic heterocycles. The predicted molar refractivity (Wildman–Crippen MR) is 69.6 cm³/mol. The lowest BCUT2D eigenvalue weighted by Crippen LogP contribution is -2.42. The molecule has 2 N–H and O–H groups in total. The molecule has 1 unspecified atom stereocenters. The number of ether oxygens (including phenoxy) is 1. The van der Waals surface area contributed by atoms with Gasteiger partial charge in [-0.15, -0.1) is 0 Å². The van der Waals surface area contributed by atoms with Crippen molar-refractivity contribution in [3.8, 4) is 11.5 Å². The normalized spacial score (nSPS) is 19.7. The van der Waals surface area contributed by atoms with Crippen LogP contribution in [0.2, 0.25) is 0 Å². The Hall–Kier alpha value is -0.740. The Morgan fingerprint density at radius 3 is 2.71 bits per heavy atom. The minimum atomic E-state index is -0.851. The lowest BCUT2D eigenvalue weighted by Gasteiger charge is -2.35.